The zero-order valence-electron chi connectivity index (χ0n) is 9.22. The molecule has 1 rings (SSSR count). The predicted octanol–water partition coefficient (Wildman–Crippen LogP) is 1.97. The van der Waals surface area contributed by atoms with Crippen LogP contribution < -0.4 is 0 Å². The van der Waals surface area contributed by atoms with Crippen molar-refractivity contribution in [3.63, 3.8) is 0 Å². The Balaban J connectivity index is 2.60. The minimum Gasteiger partial charge on any atom is -0.465 e. The molecule has 3 nitrogen and oxygen atoms in total. The minimum atomic E-state index is -4.26. The molecule has 1 heterocycles. The van der Waals surface area contributed by atoms with Gasteiger partial charge < -0.3 is 4.74 Å². The molecule has 1 aliphatic rings. The molecule has 1 fully saturated rings. The highest BCUT2D eigenvalue weighted by molar-refractivity contribution is 5.75. The van der Waals surface area contributed by atoms with Crippen molar-refractivity contribution in [3.8, 4) is 0 Å². The molecule has 0 amide bonds. The molecule has 16 heavy (non-hydrogen) atoms. The van der Waals surface area contributed by atoms with Crippen molar-refractivity contribution in [2.24, 2.45) is 0 Å². The Morgan fingerprint density at radius 2 is 2.12 bits per heavy atom. The molecule has 1 saturated heterocycles. The fourth-order valence-corrected chi connectivity index (χ4v) is 1.92. The summed E-state index contributed by atoms with van der Waals surface area (Å²) >= 11 is 0. The minimum absolute atomic E-state index is 0.204. The Morgan fingerprint density at radius 1 is 1.44 bits per heavy atom. The largest absolute Gasteiger partial charge is 0.465 e. The first-order valence-electron chi connectivity index (χ1n) is 5.41. The van der Waals surface area contributed by atoms with E-state index >= 15 is 0 Å². The van der Waals surface area contributed by atoms with Gasteiger partial charge in [-0.2, -0.15) is 13.2 Å². The van der Waals surface area contributed by atoms with E-state index < -0.39 is 24.7 Å². The Bertz CT molecular complexity index is 243. The average Bonchev–Trinajstić information content (AvgIpc) is 2.16. The topological polar surface area (TPSA) is 29.5 Å². The van der Waals surface area contributed by atoms with Crippen LogP contribution in [0.1, 0.15) is 26.2 Å². The Labute approximate surface area is 92.5 Å². The van der Waals surface area contributed by atoms with Gasteiger partial charge in [-0.25, -0.2) is 0 Å². The Hall–Kier alpha value is -0.780. The normalized spacial score (nSPS) is 23.1. The van der Waals surface area contributed by atoms with Gasteiger partial charge in [0.1, 0.15) is 6.04 Å². The van der Waals surface area contributed by atoms with Gasteiger partial charge in [0.25, 0.3) is 0 Å². The zero-order valence-corrected chi connectivity index (χ0v) is 9.22. The Morgan fingerprint density at radius 3 is 2.69 bits per heavy atom. The first-order chi connectivity index (χ1) is 7.44. The number of esters is 1. The summed E-state index contributed by atoms with van der Waals surface area (Å²) in [6.07, 6.45) is -2.33. The van der Waals surface area contributed by atoms with Crippen molar-refractivity contribution in [1.29, 1.82) is 0 Å². The summed E-state index contributed by atoms with van der Waals surface area (Å²) in [6.45, 7) is 1.13. The monoisotopic (exact) mass is 239 g/mol. The van der Waals surface area contributed by atoms with E-state index in [0.717, 1.165) is 6.42 Å². The molecule has 0 spiro atoms. The highest BCUT2D eigenvalue weighted by Gasteiger charge is 2.38. The first kappa shape index (κ1) is 13.3. The SMILES string of the molecule is CCOC(=O)C1CCCCN1CC(F)(F)F. The van der Waals surface area contributed by atoms with Crippen LogP contribution in [0.2, 0.25) is 0 Å². The van der Waals surface area contributed by atoms with Crippen LogP contribution >= 0.6 is 0 Å². The second-order valence-corrected chi connectivity index (χ2v) is 3.85. The first-order valence-corrected chi connectivity index (χ1v) is 5.41. The molecule has 0 aromatic carbocycles. The lowest BCUT2D eigenvalue weighted by Crippen LogP contribution is -2.49. The molecule has 0 N–H and O–H groups in total. The number of hydrogen-bond acceptors (Lipinski definition) is 3. The number of carbonyl (C=O) groups is 1. The van der Waals surface area contributed by atoms with Crippen molar-refractivity contribution in [1.82, 2.24) is 4.90 Å². The molecule has 1 atom stereocenters. The smallest absolute Gasteiger partial charge is 0.401 e. The number of halogens is 3. The Kier molecular flexibility index (Phi) is 4.58. The zero-order chi connectivity index (χ0) is 12.2. The van der Waals surface area contributed by atoms with Crippen molar-refractivity contribution >= 4 is 5.97 Å². The number of hydrogen-bond donors (Lipinski definition) is 0. The van der Waals surface area contributed by atoms with E-state index in [1.54, 1.807) is 6.92 Å². The number of carbonyl (C=O) groups excluding carboxylic acids is 1. The summed E-state index contributed by atoms with van der Waals surface area (Å²) < 4.78 is 41.6. The van der Waals surface area contributed by atoms with Gasteiger partial charge in [-0.1, -0.05) is 6.42 Å². The van der Waals surface area contributed by atoms with Crippen molar-refractivity contribution < 1.29 is 22.7 Å². The predicted molar refractivity (Wildman–Crippen MR) is 51.9 cm³/mol. The summed E-state index contributed by atoms with van der Waals surface area (Å²) in [5, 5.41) is 0. The molecule has 0 radical (unpaired) electrons. The van der Waals surface area contributed by atoms with Gasteiger partial charge in [0.2, 0.25) is 0 Å². The molecular weight excluding hydrogens is 223 g/mol. The van der Waals surface area contributed by atoms with Crippen LogP contribution in [0, 0.1) is 0 Å². The molecule has 0 saturated carbocycles. The number of likely N-dealkylation sites (tertiary alicyclic amines) is 1. The molecule has 0 bridgehead atoms. The summed E-state index contributed by atoms with van der Waals surface area (Å²) in [5.41, 5.74) is 0. The maximum atomic E-state index is 12.3. The maximum absolute atomic E-state index is 12.3. The fourth-order valence-electron chi connectivity index (χ4n) is 1.92. The van der Waals surface area contributed by atoms with E-state index in [9.17, 15) is 18.0 Å². The van der Waals surface area contributed by atoms with Gasteiger partial charge in [-0.3, -0.25) is 9.69 Å². The molecule has 1 aliphatic heterocycles. The number of alkyl halides is 3. The lowest BCUT2D eigenvalue weighted by molar-refractivity contribution is -0.167. The van der Waals surface area contributed by atoms with Crippen LogP contribution in [0.4, 0.5) is 13.2 Å². The van der Waals surface area contributed by atoms with E-state index in [2.05, 4.69) is 0 Å². The molecular formula is C10H16F3NO2. The van der Waals surface area contributed by atoms with Crippen molar-refractivity contribution in [2.45, 2.75) is 38.4 Å². The van der Waals surface area contributed by atoms with Crippen LogP contribution in [0.25, 0.3) is 0 Å². The summed E-state index contributed by atoms with van der Waals surface area (Å²) in [7, 11) is 0. The van der Waals surface area contributed by atoms with Crippen LogP contribution in [0.15, 0.2) is 0 Å². The summed E-state index contributed by atoms with van der Waals surface area (Å²) in [6, 6.07) is -0.727. The summed E-state index contributed by atoms with van der Waals surface area (Å²) in [5.74, 6) is -0.536. The lowest BCUT2D eigenvalue weighted by Gasteiger charge is -2.34. The maximum Gasteiger partial charge on any atom is 0.401 e. The highest BCUT2D eigenvalue weighted by Crippen LogP contribution is 2.24. The molecule has 94 valence electrons. The van der Waals surface area contributed by atoms with Crippen LogP contribution in [-0.2, 0) is 9.53 Å². The van der Waals surface area contributed by atoms with Gasteiger partial charge >= 0.3 is 12.1 Å². The van der Waals surface area contributed by atoms with Gasteiger partial charge in [0, 0.05) is 0 Å². The third kappa shape index (κ3) is 4.00. The highest BCUT2D eigenvalue weighted by atomic mass is 19.4. The van der Waals surface area contributed by atoms with Crippen LogP contribution in [0.5, 0.6) is 0 Å². The lowest BCUT2D eigenvalue weighted by atomic mass is 10.0. The van der Waals surface area contributed by atoms with E-state index in [-0.39, 0.29) is 6.61 Å². The number of piperidine rings is 1. The van der Waals surface area contributed by atoms with Crippen LogP contribution in [0.3, 0.4) is 0 Å². The second kappa shape index (κ2) is 5.52. The molecule has 6 heteroatoms. The number of rotatable bonds is 3. The third-order valence-corrected chi connectivity index (χ3v) is 2.55. The average molecular weight is 239 g/mol. The summed E-state index contributed by atoms with van der Waals surface area (Å²) in [4.78, 5) is 12.6. The van der Waals surface area contributed by atoms with Crippen molar-refractivity contribution in [3.05, 3.63) is 0 Å². The quantitative estimate of drug-likeness (QED) is 0.705. The number of nitrogens with zero attached hydrogens (tertiary/aromatic N) is 1. The third-order valence-electron chi connectivity index (χ3n) is 2.55. The van der Waals surface area contributed by atoms with Gasteiger partial charge in [-0.05, 0) is 26.3 Å². The van der Waals surface area contributed by atoms with Crippen LogP contribution in [-0.4, -0.2) is 42.8 Å². The van der Waals surface area contributed by atoms with Gasteiger partial charge in [-0.15, -0.1) is 0 Å². The van der Waals surface area contributed by atoms with E-state index in [4.69, 9.17) is 4.74 Å². The second-order valence-electron chi connectivity index (χ2n) is 3.85. The van der Waals surface area contributed by atoms with E-state index in [1.807, 2.05) is 0 Å². The standard InChI is InChI=1S/C10H16F3NO2/c1-2-16-9(15)8-5-3-4-6-14(8)7-10(11,12)13/h8H,2-7H2,1H3. The van der Waals surface area contributed by atoms with Crippen molar-refractivity contribution in [2.75, 3.05) is 19.7 Å². The molecule has 1 unspecified atom stereocenters. The molecule has 0 aromatic heterocycles. The van der Waals surface area contributed by atoms with E-state index in [1.165, 1.54) is 4.90 Å². The van der Waals surface area contributed by atoms with Gasteiger partial charge in [0.15, 0.2) is 0 Å². The molecule has 0 aliphatic carbocycles. The molecule has 0 aromatic rings. The fraction of sp³-hybridized carbons (Fsp3) is 0.900. The van der Waals surface area contributed by atoms with E-state index in [0.29, 0.717) is 19.4 Å². The van der Waals surface area contributed by atoms with Gasteiger partial charge in [0.05, 0.1) is 13.2 Å². The number of ether oxygens (including phenoxy) is 1.